The van der Waals surface area contributed by atoms with Crippen LogP contribution in [0.3, 0.4) is 0 Å². The number of rotatable bonds is 6. The molecule has 0 radical (unpaired) electrons. The number of aliphatic hydroxyl groups excluding tert-OH is 2. The molecule has 1 heterocycles. The monoisotopic (exact) mass is 240 g/mol. The van der Waals surface area contributed by atoms with Crippen LogP contribution < -0.4 is 4.90 Å². The zero-order valence-electron chi connectivity index (χ0n) is 9.63. The summed E-state index contributed by atoms with van der Waals surface area (Å²) in [4.78, 5) is 16.7. The SMILES string of the molecule is Cc1nc(N(CCO)CCO)ccc1C(=O)O. The first kappa shape index (κ1) is 13.4. The van der Waals surface area contributed by atoms with Gasteiger partial charge in [0.1, 0.15) is 5.82 Å². The highest BCUT2D eigenvalue weighted by Crippen LogP contribution is 2.14. The molecule has 0 saturated carbocycles. The molecule has 0 aliphatic carbocycles. The summed E-state index contributed by atoms with van der Waals surface area (Å²) in [6.45, 7) is 2.20. The molecule has 0 aliphatic heterocycles. The molecule has 94 valence electrons. The van der Waals surface area contributed by atoms with E-state index in [9.17, 15) is 4.79 Å². The van der Waals surface area contributed by atoms with Crippen LogP contribution >= 0.6 is 0 Å². The maximum Gasteiger partial charge on any atom is 0.337 e. The lowest BCUT2D eigenvalue weighted by atomic mass is 10.2. The number of aromatic nitrogens is 1. The Morgan fingerprint density at radius 3 is 2.29 bits per heavy atom. The highest BCUT2D eigenvalue weighted by molar-refractivity contribution is 5.89. The number of carboxylic acids is 1. The van der Waals surface area contributed by atoms with Crippen molar-refractivity contribution in [3.8, 4) is 0 Å². The normalized spacial score (nSPS) is 10.3. The zero-order valence-corrected chi connectivity index (χ0v) is 9.63. The molecule has 0 spiro atoms. The first-order valence-electron chi connectivity index (χ1n) is 5.27. The van der Waals surface area contributed by atoms with Gasteiger partial charge in [0, 0.05) is 13.1 Å². The van der Waals surface area contributed by atoms with E-state index in [0.717, 1.165) is 0 Å². The zero-order chi connectivity index (χ0) is 12.8. The molecule has 0 amide bonds. The number of nitrogens with zero attached hydrogens (tertiary/aromatic N) is 2. The van der Waals surface area contributed by atoms with E-state index in [1.54, 1.807) is 17.9 Å². The summed E-state index contributed by atoms with van der Waals surface area (Å²) in [7, 11) is 0. The van der Waals surface area contributed by atoms with E-state index in [-0.39, 0.29) is 18.8 Å². The average molecular weight is 240 g/mol. The fourth-order valence-electron chi connectivity index (χ4n) is 1.53. The lowest BCUT2D eigenvalue weighted by Gasteiger charge is -2.22. The van der Waals surface area contributed by atoms with E-state index in [0.29, 0.717) is 24.6 Å². The molecule has 3 N–H and O–H groups in total. The number of carbonyl (C=O) groups is 1. The Balaban J connectivity index is 2.97. The minimum Gasteiger partial charge on any atom is -0.478 e. The van der Waals surface area contributed by atoms with Gasteiger partial charge < -0.3 is 20.2 Å². The fraction of sp³-hybridized carbons (Fsp3) is 0.455. The molecular formula is C11H16N2O4. The van der Waals surface area contributed by atoms with E-state index in [2.05, 4.69) is 4.98 Å². The topological polar surface area (TPSA) is 93.9 Å². The van der Waals surface area contributed by atoms with Crippen molar-refractivity contribution in [1.29, 1.82) is 0 Å². The summed E-state index contributed by atoms with van der Waals surface area (Å²) in [6, 6.07) is 3.05. The summed E-state index contributed by atoms with van der Waals surface area (Å²) in [5, 5.41) is 26.7. The third-order valence-corrected chi connectivity index (χ3v) is 2.37. The molecule has 0 fully saturated rings. The average Bonchev–Trinajstić information content (AvgIpc) is 2.28. The molecule has 1 rings (SSSR count). The Bertz CT molecular complexity index is 389. The van der Waals surface area contributed by atoms with Crippen LogP contribution in [0, 0.1) is 6.92 Å². The second-order valence-corrected chi connectivity index (χ2v) is 3.54. The van der Waals surface area contributed by atoms with Gasteiger partial charge in [-0.3, -0.25) is 0 Å². The summed E-state index contributed by atoms with van der Waals surface area (Å²) in [5.74, 6) is -0.465. The number of aryl methyl sites for hydroxylation is 1. The third kappa shape index (κ3) is 3.40. The Kier molecular flexibility index (Phi) is 4.86. The van der Waals surface area contributed by atoms with Crippen molar-refractivity contribution in [2.45, 2.75) is 6.92 Å². The number of hydrogen-bond donors (Lipinski definition) is 3. The van der Waals surface area contributed by atoms with E-state index < -0.39 is 5.97 Å². The van der Waals surface area contributed by atoms with Crippen LogP contribution in [0.5, 0.6) is 0 Å². The van der Waals surface area contributed by atoms with Crippen LogP contribution in [0.2, 0.25) is 0 Å². The van der Waals surface area contributed by atoms with E-state index in [1.165, 1.54) is 6.07 Å². The van der Waals surface area contributed by atoms with Crippen molar-refractivity contribution >= 4 is 11.8 Å². The smallest absolute Gasteiger partial charge is 0.337 e. The lowest BCUT2D eigenvalue weighted by molar-refractivity contribution is 0.0695. The van der Waals surface area contributed by atoms with Gasteiger partial charge in [0.05, 0.1) is 24.5 Å². The molecule has 1 aromatic rings. The molecule has 0 bridgehead atoms. The van der Waals surface area contributed by atoms with Gasteiger partial charge in [-0.15, -0.1) is 0 Å². The van der Waals surface area contributed by atoms with E-state index >= 15 is 0 Å². The van der Waals surface area contributed by atoms with Crippen molar-refractivity contribution in [3.05, 3.63) is 23.4 Å². The van der Waals surface area contributed by atoms with Crippen molar-refractivity contribution < 1.29 is 20.1 Å². The standard InChI is InChI=1S/C11H16N2O4/c1-8-9(11(16)17)2-3-10(12-8)13(4-6-14)5-7-15/h2-3,14-15H,4-7H2,1H3,(H,16,17). The van der Waals surface area contributed by atoms with Crippen LogP contribution in [-0.4, -0.2) is 52.6 Å². The molecule has 0 aromatic carbocycles. The molecule has 6 heteroatoms. The maximum atomic E-state index is 10.8. The van der Waals surface area contributed by atoms with Gasteiger partial charge in [-0.05, 0) is 19.1 Å². The largest absolute Gasteiger partial charge is 0.478 e. The second kappa shape index (κ2) is 6.17. The van der Waals surface area contributed by atoms with E-state index in [4.69, 9.17) is 15.3 Å². The Morgan fingerprint density at radius 1 is 1.29 bits per heavy atom. The van der Waals surface area contributed by atoms with Gasteiger partial charge in [-0.1, -0.05) is 0 Å². The van der Waals surface area contributed by atoms with Gasteiger partial charge in [0.2, 0.25) is 0 Å². The van der Waals surface area contributed by atoms with Crippen molar-refractivity contribution in [3.63, 3.8) is 0 Å². The Labute approximate surface area is 99.1 Å². The van der Waals surface area contributed by atoms with Gasteiger partial charge in [0.15, 0.2) is 0 Å². The van der Waals surface area contributed by atoms with Gasteiger partial charge in [0.25, 0.3) is 0 Å². The third-order valence-electron chi connectivity index (χ3n) is 2.37. The van der Waals surface area contributed by atoms with Crippen LogP contribution in [-0.2, 0) is 0 Å². The van der Waals surface area contributed by atoms with Crippen molar-refractivity contribution in [1.82, 2.24) is 4.98 Å². The number of aliphatic hydroxyl groups is 2. The van der Waals surface area contributed by atoms with Gasteiger partial charge in [-0.25, -0.2) is 9.78 Å². The fourth-order valence-corrected chi connectivity index (χ4v) is 1.53. The van der Waals surface area contributed by atoms with Crippen LogP contribution in [0.1, 0.15) is 16.1 Å². The molecule has 0 unspecified atom stereocenters. The predicted molar refractivity (Wildman–Crippen MR) is 62.3 cm³/mol. The van der Waals surface area contributed by atoms with Gasteiger partial charge in [-0.2, -0.15) is 0 Å². The minimum absolute atomic E-state index is 0.0542. The number of pyridine rings is 1. The highest BCUT2D eigenvalue weighted by Gasteiger charge is 2.12. The summed E-state index contributed by atoms with van der Waals surface area (Å²) >= 11 is 0. The summed E-state index contributed by atoms with van der Waals surface area (Å²) in [6.07, 6.45) is 0. The number of hydrogen-bond acceptors (Lipinski definition) is 5. The first-order chi connectivity index (χ1) is 8.10. The van der Waals surface area contributed by atoms with Gasteiger partial charge >= 0.3 is 5.97 Å². The Morgan fingerprint density at radius 2 is 1.88 bits per heavy atom. The molecule has 1 aromatic heterocycles. The van der Waals surface area contributed by atoms with Crippen molar-refractivity contribution in [2.75, 3.05) is 31.2 Å². The maximum absolute atomic E-state index is 10.8. The number of aromatic carboxylic acids is 1. The quantitative estimate of drug-likeness (QED) is 0.641. The first-order valence-corrected chi connectivity index (χ1v) is 5.27. The Hall–Kier alpha value is -1.66. The van der Waals surface area contributed by atoms with E-state index in [1.807, 2.05) is 0 Å². The molecule has 17 heavy (non-hydrogen) atoms. The molecule has 0 aliphatic rings. The highest BCUT2D eigenvalue weighted by atomic mass is 16.4. The summed E-state index contributed by atoms with van der Waals surface area (Å²) < 4.78 is 0. The second-order valence-electron chi connectivity index (χ2n) is 3.54. The van der Waals surface area contributed by atoms with Crippen LogP contribution in [0.25, 0.3) is 0 Å². The number of carboxylic acid groups (broad SMARTS) is 1. The molecule has 0 saturated heterocycles. The molecule has 0 atom stereocenters. The summed E-state index contributed by atoms with van der Waals surface area (Å²) in [5.41, 5.74) is 0.567. The predicted octanol–water partition coefficient (Wildman–Crippen LogP) is -0.121. The number of anilines is 1. The lowest BCUT2D eigenvalue weighted by Crippen LogP contribution is -2.30. The molecule has 6 nitrogen and oxygen atoms in total. The van der Waals surface area contributed by atoms with Crippen LogP contribution in [0.4, 0.5) is 5.82 Å². The van der Waals surface area contributed by atoms with Crippen molar-refractivity contribution in [2.24, 2.45) is 0 Å². The van der Waals surface area contributed by atoms with Crippen LogP contribution in [0.15, 0.2) is 12.1 Å². The molecular weight excluding hydrogens is 224 g/mol. The minimum atomic E-state index is -1.02.